The first-order valence-corrected chi connectivity index (χ1v) is 9.26. The standard InChI is InChI=1S/C20H29N3O2/c1-13(2)15-4-5-17-16(10-15)11-22(3)12-18(17)20(25)23-8-6-14(7-9-23)19(21)24/h4-5,10,13-14,18H,6-9,11-12H2,1-3H3,(H2,21,24). The van der Waals surface area contributed by atoms with Crippen molar-refractivity contribution in [3.05, 3.63) is 34.9 Å². The Morgan fingerprint density at radius 2 is 1.88 bits per heavy atom. The van der Waals surface area contributed by atoms with Gasteiger partial charge >= 0.3 is 0 Å². The van der Waals surface area contributed by atoms with Crippen LogP contribution < -0.4 is 5.73 Å². The fraction of sp³-hybridized carbons (Fsp3) is 0.600. The predicted octanol–water partition coefficient (Wildman–Crippen LogP) is 2.06. The molecule has 0 aliphatic carbocycles. The smallest absolute Gasteiger partial charge is 0.231 e. The number of nitrogens with zero attached hydrogens (tertiary/aromatic N) is 2. The SMILES string of the molecule is CC(C)c1ccc2c(c1)CN(C)CC2C(=O)N1CCC(C(N)=O)CC1. The monoisotopic (exact) mass is 343 g/mol. The summed E-state index contributed by atoms with van der Waals surface area (Å²) in [4.78, 5) is 28.6. The first-order valence-electron chi connectivity index (χ1n) is 9.26. The first-order chi connectivity index (χ1) is 11.9. The van der Waals surface area contributed by atoms with E-state index in [0.29, 0.717) is 31.8 Å². The van der Waals surface area contributed by atoms with Gasteiger partial charge in [0.15, 0.2) is 0 Å². The summed E-state index contributed by atoms with van der Waals surface area (Å²) < 4.78 is 0. The van der Waals surface area contributed by atoms with Gasteiger partial charge in [0.1, 0.15) is 0 Å². The number of fused-ring (bicyclic) bond motifs is 1. The van der Waals surface area contributed by atoms with E-state index in [4.69, 9.17) is 5.73 Å². The van der Waals surface area contributed by atoms with Crippen molar-refractivity contribution in [1.29, 1.82) is 0 Å². The Kier molecular flexibility index (Phi) is 5.13. The molecule has 1 saturated heterocycles. The van der Waals surface area contributed by atoms with Crippen LogP contribution in [0.15, 0.2) is 18.2 Å². The second-order valence-corrected chi connectivity index (χ2v) is 7.86. The highest BCUT2D eigenvalue weighted by atomic mass is 16.2. The summed E-state index contributed by atoms with van der Waals surface area (Å²) in [6, 6.07) is 6.57. The quantitative estimate of drug-likeness (QED) is 0.913. The fourth-order valence-corrected chi connectivity index (χ4v) is 4.04. The lowest BCUT2D eigenvalue weighted by atomic mass is 9.85. The van der Waals surface area contributed by atoms with Gasteiger partial charge < -0.3 is 15.5 Å². The maximum Gasteiger partial charge on any atom is 0.231 e. The van der Waals surface area contributed by atoms with Gasteiger partial charge in [0.2, 0.25) is 11.8 Å². The van der Waals surface area contributed by atoms with E-state index in [2.05, 4.69) is 44.0 Å². The summed E-state index contributed by atoms with van der Waals surface area (Å²) in [7, 11) is 2.07. The molecule has 0 radical (unpaired) electrons. The second kappa shape index (κ2) is 7.16. The molecule has 1 aromatic rings. The van der Waals surface area contributed by atoms with Gasteiger partial charge in [-0.1, -0.05) is 32.0 Å². The first kappa shape index (κ1) is 17.9. The Hall–Kier alpha value is -1.88. The van der Waals surface area contributed by atoms with Crippen LogP contribution in [0.25, 0.3) is 0 Å². The minimum absolute atomic E-state index is 0.0843. The van der Waals surface area contributed by atoms with Crippen molar-refractivity contribution in [3.63, 3.8) is 0 Å². The number of carbonyl (C=O) groups is 2. The number of likely N-dealkylation sites (N-methyl/N-ethyl adjacent to an activating group) is 1. The van der Waals surface area contributed by atoms with E-state index in [9.17, 15) is 9.59 Å². The van der Waals surface area contributed by atoms with Gasteiger partial charge in [-0.25, -0.2) is 0 Å². The van der Waals surface area contributed by atoms with Crippen molar-refractivity contribution >= 4 is 11.8 Å². The molecule has 0 bridgehead atoms. The summed E-state index contributed by atoms with van der Waals surface area (Å²) >= 11 is 0. The third-order valence-electron chi connectivity index (χ3n) is 5.65. The maximum atomic E-state index is 13.1. The Bertz CT molecular complexity index is 663. The van der Waals surface area contributed by atoms with Gasteiger partial charge in [-0.2, -0.15) is 0 Å². The number of hydrogen-bond acceptors (Lipinski definition) is 3. The van der Waals surface area contributed by atoms with Crippen molar-refractivity contribution in [2.45, 2.75) is 45.1 Å². The number of hydrogen-bond donors (Lipinski definition) is 1. The molecule has 0 saturated carbocycles. The Morgan fingerprint density at radius 1 is 1.20 bits per heavy atom. The van der Waals surface area contributed by atoms with E-state index in [0.717, 1.165) is 13.1 Å². The van der Waals surface area contributed by atoms with Gasteiger partial charge in [-0.3, -0.25) is 9.59 Å². The van der Waals surface area contributed by atoms with Crippen LogP contribution in [0.5, 0.6) is 0 Å². The lowest BCUT2D eigenvalue weighted by molar-refractivity contribution is -0.136. The Labute approximate surface area is 150 Å². The minimum Gasteiger partial charge on any atom is -0.369 e. The largest absolute Gasteiger partial charge is 0.369 e. The highest BCUT2D eigenvalue weighted by molar-refractivity contribution is 5.85. The van der Waals surface area contributed by atoms with Gasteiger partial charge in [0.25, 0.3) is 0 Å². The average molecular weight is 343 g/mol. The molecule has 25 heavy (non-hydrogen) atoms. The fourth-order valence-electron chi connectivity index (χ4n) is 4.04. The summed E-state index contributed by atoms with van der Waals surface area (Å²) in [5.41, 5.74) is 9.16. The maximum absolute atomic E-state index is 13.1. The zero-order valence-corrected chi connectivity index (χ0v) is 15.5. The summed E-state index contributed by atoms with van der Waals surface area (Å²) in [6.45, 7) is 7.30. The predicted molar refractivity (Wildman–Crippen MR) is 98.1 cm³/mol. The van der Waals surface area contributed by atoms with Crippen LogP contribution in [0.2, 0.25) is 0 Å². The van der Waals surface area contributed by atoms with E-state index in [1.165, 1.54) is 16.7 Å². The molecule has 3 rings (SSSR count). The number of piperidine rings is 1. The van der Waals surface area contributed by atoms with Crippen molar-refractivity contribution < 1.29 is 9.59 Å². The summed E-state index contributed by atoms with van der Waals surface area (Å²) in [6.07, 6.45) is 1.37. The lowest BCUT2D eigenvalue weighted by Crippen LogP contribution is -2.46. The number of amides is 2. The molecule has 5 heteroatoms. The van der Waals surface area contributed by atoms with Crippen molar-refractivity contribution in [2.75, 3.05) is 26.7 Å². The van der Waals surface area contributed by atoms with Crippen LogP contribution in [-0.2, 0) is 16.1 Å². The molecule has 1 fully saturated rings. The van der Waals surface area contributed by atoms with Crippen LogP contribution >= 0.6 is 0 Å². The van der Waals surface area contributed by atoms with Gasteiger partial charge in [0, 0.05) is 32.1 Å². The number of benzene rings is 1. The van der Waals surface area contributed by atoms with Crippen LogP contribution in [0.1, 0.15) is 55.2 Å². The van der Waals surface area contributed by atoms with Crippen molar-refractivity contribution in [3.8, 4) is 0 Å². The van der Waals surface area contributed by atoms with Crippen LogP contribution in [0.4, 0.5) is 0 Å². The molecule has 0 spiro atoms. The van der Waals surface area contributed by atoms with E-state index in [1.807, 2.05) is 4.90 Å². The molecule has 136 valence electrons. The number of rotatable bonds is 3. The van der Waals surface area contributed by atoms with Crippen molar-refractivity contribution in [2.24, 2.45) is 11.7 Å². The number of likely N-dealkylation sites (tertiary alicyclic amines) is 1. The summed E-state index contributed by atoms with van der Waals surface area (Å²) in [5.74, 6) is 0.239. The van der Waals surface area contributed by atoms with E-state index in [-0.39, 0.29) is 23.7 Å². The van der Waals surface area contributed by atoms with E-state index in [1.54, 1.807) is 0 Å². The number of carbonyl (C=O) groups excluding carboxylic acids is 2. The molecule has 2 N–H and O–H groups in total. The molecule has 0 aromatic heterocycles. The topological polar surface area (TPSA) is 66.6 Å². The molecular weight excluding hydrogens is 314 g/mol. The number of nitrogens with two attached hydrogens (primary N) is 1. The molecule has 2 amide bonds. The molecule has 1 unspecified atom stereocenters. The zero-order chi connectivity index (χ0) is 18.1. The molecule has 2 heterocycles. The lowest BCUT2D eigenvalue weighted by Gasteiger charge is -2.37. The summed E-state index contributed by atoms with van der Waals surface area (Å²) in [5, 5.41) is 0. The molecule has 1 aromatic carbocycles. The number of primary amides is 1. The highest BCUT2D eigenvalue weighted by Gasteiger charge is 2.34. The average Bonchev–Trinajstić information content (AvgIpc) is 2.59. The third kappa shape index (κ3) is 3.71. The third-order valence-corrected chi connectivity index (χ3v) is 5.65. The normalized spacial score (nSPS) is 22.1. The minimum atomic E-state index is -0.240. The van der Waals surface area contributed by atoms with Crippen LogP contribution in [-0.4, -0.2) is 48.3 Å². The van der Waals surface area contributed by atoms with Gasteiger partial charge in [-0.05, 0) is 42.5 Å². The second-order valence-electron chi connectivity index (χ2n) is 7.86. The highest BCUT2D eigenvalue weighted by Crippen LogP contribution is 2.32. The molecular formula is C20H29N3O2. The van der Waals surface area contributed by atoms with E-state index >= 15 is 0 Å². The zero-order valence-electron chi connectivity index (χ0n) is 15.5. The van der Waals surface area contributed by atoms with Crippen molar-refractivity contribution in [1.82, 2.24) is 9.80 Å². The van der Waals surface area contributed by atoms with E-state index < -0.39 is 0 Å². The van der Waals surface area contributed by atoms with Crippen LogP contribution in [0.3, 0.4) is 0 Å². The molecule has 2 aliphatic heterocycles. The molecule has 2 aliphatic rings. The van der Waals surface area contributed by atoms with Gasteiger partial charge in [-0.15, -0.1) is 0 Å². The Balaban J connectivity index is 1.79. The Morgan fingerprint density at radius 3 is 2.48 bits per heavy atom. The molecule has 5 nitrogen and oxygen atoms in total. The molecule has 1 atom stereocenters. The van der Waals surface area contributed by atoms with Crippen LogP contribution in [0, 0.1) is 5.92 Å². The van der Waals surface area contributed by atoms with Gasteiger partial charge in [0.05, 0.1) is 5.92 Å².